The van der Waals surface area contributed by atoms with Crippen molar-refractivity contribution in [1.29, 1.82) is 0 Å². The molecule has 5 heteroatoms. The fourth-order valence-corrected chi connectivity index (χ4v) is 2.39. The van der Waals surface area contributed by atoms with Crippen LogP contribution in [-0.4, -0.2) is 61.9 Å². The number of carbonyl (C=O) groups excluding carboxylic acids is 1. The molecule has 1 heterocycles. The van der Waals surface area contributed by atoms with Crippen LogP contribution in [0, 0.1) is 0 Å². The predicted octanol–water partition coefficient (Wildman–Crippen LogP) is 1.03. The molecule has 1 aliphatic rings. The molecule has 1 aliphatic heterocycles. The van der Waals surface area contributed by atoms with Gasteiger partial charge in [0.2, 0.25) is 0 Å². The minimum absolute atomic E-state index is 0.178. The Balaban J connectivity index is 2.47. The first kappa shape index (κ1) is 16.4. The van der Waals surface area contributed by atoms with E-state index < -0.39 is 0 Å². The fraction of sp³-hybridized carbons (Fsp3) is 0.929. The second-order valence-corrected chi connectivity index (χ2v) is 5.67. The molecule has 0 amide bonds. The Kier molecular flexibility index (Phi) is 6.75. The third-order valence-electron chi connectivity index (χ3n) is 3.46. The summed E-state index contributed by atoms with van der Waals surface area (Å²) >= 11 is 0. The Morgan fingerprint density at radius 1 is 1.47 bits per heavy atom. The zero-order chi connectivity index (χ0) is 14.4. The van der Waals surface area contributed by atoms with Gasteiger partial charge in [-0.05, 0) is 20.3 Å². The highest BCUT2D eigenvalue weighted by atomic mass is 16.5. The van der Waals surface area contributed by atoms with Crippen molar-refractivity contribution in [2.45, 2.75) is 58.3 Å². The molecule has 112 valence electrons. The number of carbonyl (C=O) groups is 1. The summed E-state index contributed by atoms with van der Waals surface area (Å²) in [5.74, 6) is -0.178. The molecule has 1 fully saturated rings. The maximum absolute atomic E-state index is 11.7. The lowest BCUT2D eigenvalue weighted by Gasteiger charge is -2.37. The number of ether oxygens (including phenoxy) is 2. The molecule has 0 aromatic rings. The molecular weight excluding hydrogens is 244 g/mol. The van der Waals surface area contributed by atoms with Gasteiger partial charge in [-0.1, -0.05) is 13.8 Å². The molecule has 19 heavy (non-hydrogen) atoms. The Hall–Kier alpha value is -0.650. The minimum atomic E-state index is -0.227. The lowest BCUT2D eigenvalue weighted by molar-refractivity contribution is -0.143. The van der Waals surface area contributed by atoms with Gasteiger partial charge < -0.3 is 14.8 Å². The molecule has 1 saturated heterocycles. The Morgan fingerprint density at radius 3 is 2.74 bits per heavy atom. The summed E-state index contributed by atoms with van der Waals surface area (Å²) < 4.78 is 10.5. The van der Waals surface area contributed by atoms with Crippen molar-refractivity contribution in [1.82, 2.24) is 10.2 Å². The van der Waals surface area contributed by atoms with Gasteiger partial charge >= 0.3 is 5.97 Å². The van der Waals surface area contributed by atoms with Gasteiger partial charge in [0.1, 0.15) is 6.04 Å². The first-order valence-corrected chi connectivity index (χ1v) is 7.13. The van der Waals surface area contributed by atoms with E-state index in [-0.39, 0.29) is 24.2 Å². The van der Waals surface area contributed by atoms with Crippen LogP contribution < -0.4 is 5.32 Å². The smallest absolute Gasteiger partial charge is 0.322 e. The third-order valence-corrected chi connectivity index (χ3v) is 3.46. The van der Waals surface area contributed by atoms with Crippen LogP contribution in [0.25, 0.3) is 0 Å². The second-order valence-electron chi connectivity index (χ2n) is 5.67. The quantitative estimate of drug-likeness (QED) is 0.732. The molecule has 0 spiro atoms. The van der Waals surface area contributed by atoms with Gasteiger partial charge in [-0.3, -0.25) is 9.69 Å². The summed E-state index contributed by atoms with van der Waals surface area (Å²) in [5.41, 5.74) is 0. The maximum atomic E-state index is 11.7. The zero-order valence-electron chi connectivity index (χ0n) is 12.8. The molecule has 3 atom stereocenters. The van der Waals surface area contributed by atoms with Crippen LogP contribution in [0.5, 0.6) is 0 Å². The van der Waals surface area contributed by atoms with Crippen molar-refractivity contribution in [2.24, 2.45) is 0 Å². The number of hydrogen-bond donors (Lipinski definition) is 1. The van der Waals surface area contributed by atoms with Crippen LogP contribution in [0.1, 0.15) is 34.1 Å². The third kappa shape index (κ3) is 5.47. The van der Waals surface area contributed by atoms with Crippen molar-refractivity contribution < 1.29 is 14.3 Å². The fourth-order valence-electron chi connectivity index (χ4n) is 2.39. The van der Waals surface area contributed by atoms with E-state index in [1.807, 2.05) is 13.8 Å². The number of nitrogens with one attached hydrogen (secondary N) is 1. The molecule has 0 aromatic heterocycles. The molecule has 3 unspecified atom stereocenters. The van der Waals surface area contributed by atoms with Gasteiger partial charge in [-0.2, -0.15) is 0 Å². The Morgan fingerprint density at radius 2 is 2.16 bits per heavy atom. The van der Waals surface area contributed by atoms with E-state index in [0.717, 1.165) is 26.1 Å². The molecule has 1 rings (SSSR count). The first-order valence-electron chi connectivity index (χ1n) is 7.13. The molecule has 0 radical (unpaired) electrons. The summed E-state index contributed by atoms with van der Waals surface area (Å²) in [7, 11) is 1.44. The number of nitrogens with zero attached hydrogens (tertiary/aromatic N) is 1. The largest absolute Gasteiger partial charge is 0.468 e. The SMILES string of the molecule is COC(=O)C(CCN1CC(C)OCC1C)NC(C)C. The molecule has 0 aromatic carbocycles. The van der Waals surface area contributed by atoms with Crippen LogP contribution in [0.15, 0.2) is 0 Å². The van der Waals surface area contributed by atoms with Gasteiger partial charge in [0.05, 0.1) is 19.8 Å². The molecule has 5 nitrogen and oxygen atoms in total. The average molecular weight is 272 g/mol. The number of morpholine rings is 1. The highest BCUT2D eigenvalue weighted by Crippen LogP contribution is 2.12. The van der Waals surface area contributed by atoms with Crippen molar-refractivity contribution in [3.63, 3.8) is 0 Å². The second kappa shape index (κ2) is 7.82. The van der Waals surface area contributed by atoms with Gasteiger partial charge in [0.25, 0.3) is 0 Å². The van der Waals surface area contributed by atoms with Crippen molar-refractivity contribution in [2.75, 3.05) is 26.8 Å². The molecule has 0 saturated carbocycles. The summed E-state index contributed by atoms with van der Waals surface area (Å²) in [6, 6.07) is 0.453. The summed E-state index contributed by atoms with van der Waals surface area (Å²) in [4.78, 5) is 14.1. The van der Waals surface area contributed by atoms with Crippen molar-refractivity contribution >= 4 is 5.97 Å². The van der Waals surface area contributed by atoms with Crippen LogP contribution in [0.4, 0.5) is 0 Å². The topological polar surface area (TPSA) is 50.8 Å². The minimum Gasteiger partial charge on any atom is -0.468 e. The van der Waals surface area contributed by atoms with Gasteiger partial charge in [0, 0.05) is 25.2 Å². The van der Waals surface area contributed by atoms with E-state index in [0.29, 0.717) is 6.04 Å². The molecule has 0 aliphatic carbocycles. The molecular formula is C14H28N2O3. The highest BCUT2D eigenvalue weighted by molar-refractivity contribution is 5.75. The number of methoxy groups -OCH3 is 1. The maximum Gasteiger partial charge on any atom is 0.322 e. The van der Waals surface area contributed by atoms with E-state index >= 15 is 0 Å². The van der Waals surface area contributed by atoms with Crippen LogP contribution in [0.3, 0.4) is 0 Å². The van der Waals surface area contributed by atoms with Crippen LogP contribution in [0.2, 0.25) is 0 Å². The predicted molar refractivity (Wildman–Crippen MR) is 75.1 cm³/mol. The van der Waals surface area contributed by atoms with Crippen LogP contribution in [-0.2, 0) is 14.3 Å². The Labute approximate surface area is 116 Å². The number of hydrogen-bond acceptors (Lipinski definition) is 5. The molecule has 0 bridgehead atoms. The number of esters is 1. The number of rotatable bonds is 6. The highest BCUT2D eigenvalue weighted by Gasteiger charge is 2.26. The van der Waals surface area contributed by atoms with Crippen molar-refractivity contribution in [3.05, 3.63) is 0 Å². The monoisotopic (exact) mass is 272 g/mol. The lowest BCUT2D eigenvalue weighted by atomic mass is 10.1. The molecule has 1 N–H and O–H groups in total. The van der Waals surface area contributed by atoms with E-state index in [9.17, 15) is 4.79 Å². The summed E-state index contributed by atoms with van der Waals surface area (Å²) in [5, 5.41) is 3.26. The van der Waals surface area contributed by atoms with E-state index in [2.05, 4.69) is 24.1 Å². The van der Waals surface area contributed by atoms with Gasteiger partial charge in [-0.15, -0.1) is 0 Å². The average Bonchev–Trinajstić information content (AvgIpc) is 2.36. The lowest BCUT2D eigenvalue weighted by Crippen LogP contribution is -2.50. The Bertz CT molecular complexity index is 284. The standard InChI is InChI=1S/C14H28N2O3/c1-10(2)15-13(14(17)18-5)6-7-16-8-12(4)19-9-11(16)3/h10-13,15H,6-9H2,1-5H3. The first-order chi connectivity index (χ1) is 8.93. The summed E-state index contributed by atoms with van der Waals surface area (Å²) in [6.45, 7) is 10.9. The normalized spacial score (nSPS) is 26.4. The van der Waals surface area contributed by atoms with E-state index in [1.165, 1.54) is 7.11 Å². The van der Waals surface area contributed by atoms with Crippen LogP contribution >= 0.6 is 0 Å². The van der Waals surface area contributed by atoms with Gasteiger partial charge in [0.15, 0.2) is 0 Å². The van der Waals surface area contributed by atoms with E-state index in [4.69, 9.17) is 9.47 Å². The summed E-state index contributed by atoms with van der Waals surface area (Å²) in [6.07, 6.45) is 1.04. The zero-order valence-corrected chi connectivity index (χ0v) is 12.8. The van der Waals surface area contributed by atoms with Gasteiger partial charge in [-0.25, -0.2) is 0 Å². The van der Waals surface area contributed by atoms with Crippen molar-refractivity contribution in [3.8, 4) is 0 Å². The van der Waals surface area contributed by atoms with E-state index in [1.54, 1.807) is 0 Å².